The fraction of sp³-hybridized carbons (Fsp3) is 0.778. The van der Waals surface area contributed by atoms with E-state index in [1.165, 1.54) is 0 Å². The molecule has 0 aromatic carbocycles. The van der Waals surface area contributed by atoms with E-state index in [4.69, 9.17) is 0 Å². The topological polar surface area (TPSA) is 14.1 Å². The zero-order chi connectivity index (χ0) is 9.12. The van der Waals surface area contributed by atoms with Gasteiger partial charge in [-0.25, -0.2) is 0 Å². The summed E-state index contributed by atoms with van der Waals surface area (Å²) in [7, 11) is -1.37. The van der Waals surface area contributed by atoms with Crippen molar-refractivity contribution in [2.45, 2.75) is 38.9 Å². The van der Waals surface area contributed by atoms with Crippen molar-refractivity contribution in [1.29, 1.82) is 0 Å². The summed E-state index contributed by atoms with van der Waals surface area (Å²) in [6.45, 7) is 15.9. The van der Waals surface area contributed by atoms with Crippen LogP contribution in [0.15, 0.2) is 12.7 Å². The van der Waals surface area contributed by atoms with Crippen molar-refractivity contribution in [3.05, 3.63) is 17.6 Å². The first kappa shape index (κ1) is 15.0. The summed E-state index contributed by atoms with van der Waals surface area (Å²) in [5.74, 6) is 0. The summed E-state index contributed by atoms with van der Waals surface area (Å²) in [6.07, 6.45) is 1.88. The monoisotopic (exact) mass is 177 g/mol. The van der Waals surface area contributed by atoms with Crippen LogP contribution in [0.2, 0.25) is 18.1 Å². The van der Waals surface area contributed by atoms with Crippen molar-refractivity contribution in [3.8, 4) is 0 Å². The molecular formula is C9H20LiNSi. The van der Waals surface area contributed by atoms with Gasteiger partial charge in [-0.2, -0.15) is 0 Å². The quantitative estimate of drug-likeness (QED) is 0.442. The molecule has 0 heterocycles. The van der Waals surface area contributed by atoms with E-state index in [-0.39, 0.29) is 18.9 Å². The van der Waals surface area contributed by atoms with Gasteiger partial charge in [0, 0.05) is 0 Å². The minimum atomic E-state index is -1.37. The van der Waals surface area contributed by atoms with Gasteiger partial charge in [0.1, 0.15) is 0 Å². The van der Waals surface area contributed by atoms with Gasteiger partial charge in [0.05, 0.1) is 0 Å². The van der Waals surface area contributed by atoms with Gasteiger partial charge in [-0.1, -0.05) is 47.1 Å². The summed E-state index contributed by atoms with van der Waals surface area (Å²) < 4.78 is 0. The van der Waals surface area contributed by atoms with Crippen molar-refractivity contribution in [2.24, 2.45) is 0 Å². The molecule has 3 heteroatoms. The number of rotatable bonds is 3. The van der Waals surface area contributed by atoms with Crippen molar-refractivity contribution < 1.29 is 18.9 Å². The molecule has 0 bridgehead atoms. The van der Waals surface area contributed by atoms with E-state index in [1.54, 1.807) is 0 Å². The minimum absolute atomic E-state index is 0. The van der Waals surface area contributed by atoms with Gasteiger partial charge in [0.2, 0.25) is 0 Å². The average molecular weight is 177 g/mol. The van der Waals surface area contributed by atoms with E-state index in [9.17, 15) is 0 Å². The Morgan fingerprint density at radius 2 is 1.75 bits per heavy atom. The molecule has 0 aliphatic heterocycles. The smallest absolute Gasteiger partial charge is 0.661 e. The summed E-state index contributed by atoms with van der Waals surface area (Å²) in [6, 6.07) is 0. The summed E-state index contributed by atoms with van der Waals surface area (Å²) in [5.41, 5.74) is 0. The maximum atomic E-state index is 4.67. The van der Waals surface area contributed by atoms with Crippen LogP contribution in [0, 0.1) is 0 Å². The third kappa shape index (κ3) is 4.52. The van der Waals surface area contributed by atoms with Crippen LogP contribution in [0.25, 0.3) is 4.98 Å². The molecule has 0 N–H and O–H groups in total. The second-order valence-corrected chi connectivity index (χ2v) is 9.37. The fourth-order valence-electron chi connectivity index (χ4n) is 0.530. The van der Waals surface area contributed by atoms with Gasteiger partial charge in [0.15, 0.2) is 0 Å². The van der Waals surface area contributed by atoms with E-state index in [0.717, 1.165) is 6.54 Å². The molecule has 0 rings (SSSR count). The number of nitrogens with zero attached hydrogens (tertiary/aromatic N) is 1. The van der Waals surface area contributed by atoms with E-state index < -0.39 is 8.24 Å². The van der Waals surface area contributed by atoms with Crippen LogP contribution in [0.5, 0.6) is 0 Å². The summed E-state index contributed by atoms with van der Waals surface area (Å²) in [4.78, 5) is 4.67. The SMILES string of the molecule is C=CC[N-][Si](C)(C)C(C)(C)C.[Li+]. The Hall–Kier alpha value is 0.514. The Morgan fingerprint density at radius 1 is 1.33 bits per heavy atom. The number of hydrogen-bond donors (Lipinski definition) is 0. The molecule has 0 amide bonds. The normalized spacial score (nSPS) is 12.1. The van der Waals surface area contributed by atoms with Crippen molar-refractivity contribution in [1.82, 2.24) is 0 Å². The fourth-order valence-corrected chi connectivity index (χ4v) is 1.59. The predicted molar refractivity (Wildman–Crippen MR) is 55.6 cm³/mol. The Balaban J connectivity index is 0. The standard InChI is InChI=1S/C9H20NSi.Li/c1-7-8-10-11(5,6)9(2,3)4;/h7H,1,8H2,2-6H3;/q-1;+1. The van der Waals surface area contributed by atoms with Crippen LogP contribution in [-0.2, 0) is 0 Å². The van der Waals surface area contributed by atoms with E-state index in [0.29, 0.717) is 5.04 Å². The second kappa shape index (κ2) is 5.29. The molecule has 1 nitrogen and oxygen atoms in total. The molecule has 12 heavy (non-hydrogen) atoms. The molecular weight excluding hydrogens is 157 g/mol. The van der Waals surface area contributed by atoms with E-state index in [1.807, 2.05) is 6.08 Å². The first-order valence-electron chi connectivity index (χ1n) is 4.11. The zero-order valence-corrected chi connectivity index (χ0v) is 10.4. The molecule has 0 aromatic rings. The van der Waals surface area contributed by atoms with Gasteiger partial charge in [-0.05, 0) is 0 Å². The third-order valence-electron chi connectivity index (χ3n) is 2.45. The Morgan fingerprint density at radius 3 is 2.00 bits per heavy atom. The Bertz CT molecular complexity index is 138. The molecule has 0 atom stereocenters. The van der Waals surface area contributed by atoms with E-state index in [2.05, 4.69) is 45.4 Å². The molecule has 66 valence electrons. The van der Waals surface area contributed by atoms with Crippen LogP contribution in [0.1, 0.15) is 20.8 Å². The second-order valence-electron chi connectivity index (χ2n) is 4.44. The van der Waals surface area contributed by atoms with Crippen molar-refractivity contribution >= 4 is 8.24 Å². The first-order valence-corrected chi connectivity index (χ1v) is 7.05. The predicted octanol–water partition coefficient (Wildman–Crippen LogP) is 0.555. The zero-order valence-electron chi connectivity index (χ0n) is 9.44. The van der Waals surface area contributed by atoms with Gasteiger partial charge in [0.25, 0.3) is 0 Å². The largest absolute Gasteiger partial charge is 1.00 e. The van der Waals surface area contributed by atoms with Crippen molar-refractivity contribution in [3.63, 3.8) is 0 Å². The molecule has 0 fully saturated rings. The molecule has 0 unspecified atom stereocenters. The summed E-state index contributed by atoms with van der Waals surface area (Å²) in [5, 5.41) is 0.371. The number of hydrogen-bond acceptors (Lipinski definition) is 0. The maximum absolute atomic E-state index is 4.67. The Labute approximate surface area is 90.3 Å². The third-order valence-corrected chi connectivity index (χ3v) is 7.10. The first-order chi connectivity index (χ1) is 4.81. The van der Waals surface area contributed by atoms with Gasteiger partial charge >= 0.3 is 18.9 Å². The van der Waals surface area contributed by atoms with Crippen LogP contribution in [0.4, 0.5) is 0 Å². The van der Waals surface area contributed by atoms with Crippen LogP contribution >= 0.6 is 0 Å². The maximum Gasteiger partial charge on any atom is 1.00 e. The van der Waals surface area contributed by atoms with Crippen LogP contribution in [0.3, 0.4) is 0 Å². The average Bonchev–Trinajstić information content (AvgIpc) is 1.81. The molecule has 0 spiro atoms. The van der Waals surface area contributed by atoms with Gasteiger partial charge < -0.3 is 4.98 Å². The minimum Gasteiger partial charge on any atom is -0.661 e. The van der Waals surface area contributed by atoms with Gasteiger partial charge in [-0.3, -0.25) is 0 Å². The summed E-state index contributed by atoms with van der Waals surface area (Å²) >= 11 is 0. The molecule has 0 saturated carbocycles. The molecule has 0 radical (unpaired) electrons. The molecule has 0 aromatic heterocycles. The Kier molecular flexibility index (Phi) is 6.61. The van der Waals surface area contributed by atoms with E-state index >= 15 is 0 Å². The van der Waals surface area contributed by atoms with Crippen LogP contribution < -0.4 is 18.9 Å². The molecule has 0 saturated heterocycles. The van der Waals surface area contributed by atoms with Crippen molar-refractivity contribution in [2.75, 3.05) is 6.54 Å². The van der Waals surface area contributed by atoms with Crippen LogP contribution in [-0.4, -0.2) is 14.8 Å². The van der Waals surface area contributed by atoms with Gasteiger partial charge in [-0.15, -0.1) is 19.2 Å². The molecule has 0 aliphatic rings. The molecule has 0 aliphatic carbocycles.